The molecule has 2 rings (SSSR count). The Bertz CT molecular complexity index is 265. The minimum absolute atomic E-state index is 0.614. The lowest BCUT2D eigenvalue weighted by Gasteiger charge is -2.14. The molecule has 0 radical (unpaired) electrons. The van der Waals surface area contributed by atoms with Gasteiger partial charge in [0.1, 0.15) is 0 Å². The lowest BCUT2D eigenvalue weighted by molar-refractivity contribution is 0.862. The topological polar surface area (TPSA) is 55.0 Å². The van der Waals surface area contributed by atoms with E-state index in [-0.39, 0.29) is 0 Å². The van der Waals surface area contributed by atoms with Crippen LogP contribution in [0.5, 0.6) is 0 Å². The molecule has 1 saturated carbocycles. The highest BCUT2D eigenvalue weighted by atomic mass is 15.3. The minimum atomic E-state index is 0.614. The van der Waals surface area contributed by atoms with E-state index in [4.69, 9.17) is 5.73 Å². The number of hydrogen-bond donors (Lipinski definition) is 1. The molecule has 0 unspecified atom stereocenters. The summed E-state index contributed by atoms with van der Waals surface area (Å²) in [7, 11) is 2.02. The first-order valence-corrected chi connectivity index (χ1v) is 4.08. The van der Waals surface area contributed by atoms with E-state index in [0.29, 0.717) is 11.7 Å². The van der Waals surface area contributed by atoms with Crippen molar-refractivity contribution in [1.29, 1.82) is 0 Å². The van der Waals surface area contributed by atoms with Crippen molar-refractivity contribution in [3.8, 4) is 0 Å². The SMILES string of the molecule is CN(c1ncc(N)cn1)C1CC1. The van der Waals surface area contributed by atoms with Crippen LogP contribution in [0, 0.1) is 0 Å². The van der Waals surface area contributed by atoms with E-state index in [0.717, 1.165) is 5.95 Å². The summed E-state index contributed by atoms with van der Waals surface area (Å²) in [5.41, 5.74) is 6.09. The van der Waals surface area contributed by atoms with Crippen molar-refractivity contribution in [2.24, 2.45) is 0 Å². The summed E-state index contributed by atoms with van der Waals surface area (Å²) in [6, 6.07) is 0.647. The first-order valence-electron chi connectivity index (χ1n) is 4.08. The highest BCUT2D eigenvalue weighted by Gasteiger charge is 2.27. The van der Waals surface area contributed by atoms with Crippen LogP contribution in [-0.4, -0.2) is 23.1 Å². The van der Waals surface area contributed by atoms with Crippen LogP contribution in [0.15, 0.2) is 12.4 Å². The second-order valence-electron chi connectivity index (χ2n) is 3.16. The van der Waals surface area contributed by atoms with Crippen LogP contribution >= 0.6 is 0 Å². The largest absolute Gasteiger partial charge is 0.396 e. The van der Waals surface area contributed by atoms with Crippen LogP contribution in [0.4, 0.5) is 11.6 Å². The zero-order valence-electron chi connectivity index (χ0n) is 7.07. The molecule has 0 spiro atoms. The molecule has 0 amide bonds. The van der Waals surface area contributed by atoms with E-state index < -0.39 is 0 Å². The zero-order chi connectivity index (χ0) is 8.55. The van der Waals surface area contributed by atoms with Crippen LogP contribution in [0.2, 0.25) is 0 Å². The first kappa shape index (κ1) is 7.34. The van der Waals surface area contributed by atoms with Gasteiger partial charge in [-0.15, -0.1) is 0 Å². The van der Waals surface area contributed by atoms with Gasteiger partial charge in [0.25, 0.3) is 0 Å². The van der Waals surface area contributed by atoms with E-state index >= 15 is 0 Å². The second kappa shape index (κ2) is 2.62. The number of nitrogen functional groups attached to an aromatic ring is 1. The van der Waals surface area contributed by atoms with E-state index in [2.05, 4.69) is 14.9 Å². The number of rotatable bonds is 2. The Kier molecular flexibility index (Phi) is 1.60. The number of nitrogens with two attached hydrogens (primary N) is 1. The Hall–Kier alpha value is -1.32. The molecule has 0 aromatic carbocycles. The molecule has 1 aromatic rings. The van der Waals surface area contributed by atoms with Gasteiger partial charge in [-0.1, -0.05) is 0 Å². The molecule has 12 heavy (non-hydrogen) atoms. The molecule has 1 fully saturated rings. The molecule has 1 heterocycles. The maximum atomic E-state index is 5.48. The molecule has 0 bridgehead atoms. The van der Waals surface area contributed by atoms with E-state index in [1.807, 2.05) is 7.05 Å². The molecule has 1 aliphatic rings. The van der Waals surface area contributed by atoms with Crippen molar-refractivity contribution < 1.29 is 0 Å². The molecule has 64 valence electrons. The monoisotopic (exact) mass is 164 g/mol. The summed E-state index contributed by atoms with van der Waals surface area (Å²) in [6.45, 7) is 0. The average molecular weight is 164 g/mol. The Morgan fingerprint density at radius 3 is 2.50 bits per heavy atom. The van der Waals surface area contributed by atoms with Crippen LogP contribution < -0.4 is 10.6 Å². The number of anilines is 2. The third kappa shape index (κ3) is 1.32. The second-order valence-corrected chi connectivity index (χ2v) is 3.16. The first-order chi connectivity index (χ1) is 5.77. The van der Waals surface area contributed by atoms with Gasteiger partial charge >= 0.3 is 0 Å². The summed E-state index contributed by atoms with van der Waals surface area (Å²) < 4.78 is 0. The maximum Gasteiger partial charge on any atom is 0.225 e. The molecule has 2 N–H and O–H groups in total. The minimum Gasteiger partial charge on any atom is -0.396 e. The highest BCUT2D eigenvalue weighted by molar-refractivity contribution is 5.38. The van der Waals surface area contributed by atoms with Crippen LogP contribution in [0.3, 0.4) is 0 Å². The van der Waals surface area contributed by atoms with Gasteiger partial charge in [-0.25, -0.2) is 9.97 Å². The van der Waals surface area contributed by atoms with E-state index in [9.17, 15) is 0 Å². The van der Waals surface area contributed by atoms with Crippen LogP contribution in [0.1, 0.15) is 12.8 Å². The predicted molar refractivity (Wildman–Crippen MR) is 47.9 cm³/mol. The van der Waals surface area contributed by atoms with Gasteiger partial charge in [-0.2, -0.15) is 0 Å². The van der Waals surface area contributed by atoms with Crippen molar-refractivity contribution in [3.05, 3.63) is 12.4 Å². The Balaban J connectivity index is 2.16. The quantitative estimate of drug-likeness (QED) is 0.697. The van der Waals surface area contributed by atoms with Crippen molar-refractivity contribution >= 4 is 11.6 Å². The predicted octanol–water partition coefficient (Wildman–Crippen LogP) is 0.657. The molecule has 0 aliphatic heterocycles. The zero-order valence-corrected chi connectivity index (χ0v) is 7.07. The van der Waals surface area contributed by atoms with Gasteiger partial charge in [0, 0.05) is 13.1 Å². The van der Waals surface area contributed by atoms with Crippen molar-refractivity contribution in [2.45, 2.75) is 18.9 Å². The normalized spacial score (nSPS) is 16.1. The maximum absolute atomic E-state index is 5.48. The molecular weight excluding hydrogens is 152 g/mol. The Morgan fingerprint density at radius 1 is 1.42 bits per heavy atom. The van der Waals surface area contributed by atoms with Crippen LogP contribution in [0.25, 0.3) is 0 Å². The molecule has 0 atom stereocenters. The van der Waals surface area contributed by atoms with Crippen molar-refractivity contribution in [3.63, 3.8) is 0 Å². The van der Waals surface area contributed by atoms with Gasteiger partial charge in [-0.3, -0.25) is 0 Å². The summed E-state index contributed by atoms with van der Waals surface area (Å²) in [4.78, 5) is 10.4. The highest BCUT2D eigenvalue weighted by Crippen LogP contribution is 2.27. The van der Waals surface area contributed by atoms with Gasteiger partial charge < -0.3 is 10.6 Å². The van der Waals surface area contributed by atoms with Crippen LogP contribution in [-0.2, 0) is 0 Å². The molecule has 4 heteroatoms. The summed E-state index contributed by atoms with van der Waals surface area (Å²) in [6.07, 6.45) is 5.79. The van der Waals surface area contributed by atoms with E-state index in [1.165, 1.54) is 12.8 Å². The third-order valence-electron chi connectivity index (χ3n) is 2.07. The molecular formula is C8H12N4. The molecule has 1 aromatic heterocycles. The average Bonchev–Trinajstić information content (AvgIpc) is 2.87. The summed E-state index contributed by atoms with van der Waals surface area (Å²) >= 11 is 0. The number of aromatic nitrogens is 2. The number of hydrogen-bond acceptors (Lipinski definition) is 4. The smallest absolute Gasteiger partial charge is 0.225 e. The van der Waals surface area contributed by atoms with Gasteiger partial charge in [-0.05, 0) is 12.8 Å². The fourth-order valence-electron chi connectivity index (χ4n) is 1.14. The standard InChI is InChI=1S/C8H12N4/c1-12(7-2-3-7)8-10-4-6(9)5-11-8/h4-5,7H,2-3,9H2,1H3. The fraction of sp³-hybridized carbons (Fsp3) is 0.500. The van der Waals surface area contributed by atoms with Gasteiger partial charge in [0.15, 0.2) is 0 Å². The summed E-state index contributed by atoms with van der Waals surface area (Å²) in [5, 5.41) is 0. The lowest BCUT2D eigenvalue weighted by atomic mass is 10.5. The lowest BCUT2D eigenvalue weighted by Crippen LogP contribution is -2.21. The summed E-state index contributed by atoms with van der Waals surface area (Å²) in [5.74, 6) is 0.770. The third-order valence-corrected chi connectivity index (χ3v) is 2.07. The molecule has 4 nitrogen and oxygen atoms in total. The Morgan fingerprint density at radius 2 is 2.00 bits per heavy atom. The number of nitrogens with zero attached hydrogens (tertiary/aromatic N) is 3. The van der Waals surface area contributed by atoms with Crippen molar-refractivity contribution in [2.75, 3.05) is 17.7 Å². The van der Waals surface area contributed by atoms with Crippen molar-refractivity contribution in [1.82, 2.24) is 9.97 Å². The Labute approximate surface area is 71.4 Å². The van der Waals surface area contributed by atoms with E-state index in [1.54, 1.807) is 12.4 Å². The molecule has 0 saturated heterocycles. The van der Waals surface area contributed by atoms with Gasteiger partial charge in [0.2, 0.25) is 5.95 Å². The van der Waals surface area contributed by atoms with Gasteiger partial charge in [0.05, 0.1) is 18.1 Å². The fourth-order valence-corrected chi connectivity index (χ4v) is 1.14. The molecule has 1 aliphatic carbocycles.